The van der Waals surface area contributed by atoms with E-state index in [9.17, 15) is 14.4 Å². The highest BCUT2D eigenvalue weighted by atomic mass is 35.5. The molecule has 1 atom stereocenters. The number of halogens is 1. The number of para-hydroxylation sites is 2. The number of carbonyl (C=O) groups is 3. The Morgan fingerprint density at radius 3 is 2.57 bits per heavy atom. The first-order valence-electron chi connectivity index (χ1n) is 9.23. The lowest BCUT2D eigenvalue weighted by Gasteiger charge is -2.25. The van der Waals surface area contributed by atoms with Gasteiger partial charge in [-0.05, 0) is 35.9 Å². The van der Waals surface area contributed by atoms with E-state index in [0.29, 0.717) is 22.2 Å². The Hall–Kier alpha value is -3.71. The van der Waals surface area contributed by atoms with Gasteiger partial charge in [0.25, 0.3) is 5.91 Å². The first-order chi connectivity index (χ1) is 14.5. The molecule has 3 aromatic rings. The monoisotopic (exact) mass is 420 g/mol. The number of fused-ring (bicyclic) bond motifs is 1. The van der Waals surface area contributed by atoms with Crippen LogP contribution in [0.15, 0.2) is 66.9 Å². The van der Waals surface area contributed by atoms with Crippen molar-refractivity contribution in [2.45, 2.75) is 12.3 Å². The minimum atomic E-state index is -0.649. The quantitative estimate of drug-likeness (QED) is 0.592. The Morgan fingerprint density at radius 2 is 1.77 bits per heavy atom. The molecule has 0 aliphatic carbocycles. The zero-order valence-electron chi connectivity index (χ0n) is 15.7. The predicted molar refractivity (Wildman–Crippen MR) is 115 cm³/mol. The summed E-state index contributed by atoms with van der Waals surface area (Å²) in [5, 5.41) is 8.70. The molecule has 8 heteroatoms. The van der Waals surface area contributed by atoms with Crippen molar-refractivity contribution in [3.05, 3.63) is 83.0 Å². The van der Waals surface area contributed by atoms with Crippen molar-refractivity contribution in [3.63, 3.8) is 0 Å². The first kappa shape index (κ1) is 19.6. The van der Waals surface area contributed by atoms with Gasteiger partial charge < -0.3 is 16.0 Å². The fourth-order valence-corrected chi connectivity index (χ4v) is 3.40. The van der Waals surface area contributed by atoms with Gasteiger partial charge in [0.2, 0.25) is 11.8 Å². The summed E-state index contributed by atoms with van der Waals surface area (Å²) in [7, 11) is 0. The van der Waals surface area contributed by atoms with Crippen molar-refractivity contribution in [3.8, 4) is 0 Å². The molecule has 0 spiro atoms. The molecule has 2 aromatic carbocycles. The average Bonchev–Trinajstić information content (AvgIpc) is 2.75. The van der Waals surface area contributed by atoms with E-state index >= 15 is 0 Å². The molecule has 150 valence electrons. The number of aromatic nitrogens is 1. The Balaban J connectivity index is 1.56. The summed E-state index contributed by atoms with van der Waals surface area (Å²) < 4.78 is 0. The number of benzene rings is 2. The maximum absolute atomic E-state index is 13.0. The van der Waals surface area contributed by atoms with Crippen molar-refractivity contribution in [1.82, 2.24) is 4.98 Å². The molecule has 30 heavy (non-hydrogen) atoms. The number of hydrogen-bond acceptors (Lipinski definition) is 4. The summed E-state index contributed by atoms with van der Waals surface area (Å²) in [5.41, 5.74) is 1.98. The molecule has 0 saturated carbocycles. The topological polar surface area (TPSA) is 100 Å². The van der Waals surface area contributed by atoms with Crippen LogP contribution >= 0.6 is 11.6 Å². The summed E-state index contributed by atoms with van der Waals surface area (Å²) in [6.45, 7) is 0. The third kappa shape index (κ3) is 4.16. The lowest BCUT2D eigenvalue weighted by Crippen LogP contribution is -2.31. The summed E-state index contributed by atoms with van der Waals surface area (Å²) in [5.74, 6) is -1.33. The highest BCUT2D eigenvalue weighted by molar-refractivity contribution is 6.30. The number of rotatable bonds is 4. The van der Waals surface area contributed by atoms with Gasteiger partial charge in [-0.2, -0.15) is 0 Å². The number of hydrogen-bond donors (Lipinski definition) is 3. The molecule has 0 saturated heterocycles. The van der Waals surface area contributed by atoms with E-state index in [1.165, 1.54) is 6.20 Å². The van der Waals surface area contributed by atoms with Crippen molar-refractivity contribution in [2.75, 3.05) is 16.0 Å². The van der Waals surface area contributed by atoms with Crippen LogP contribution in [0.1, 0.15) is 28.3 Å². The third-order valence-corrected chi connectivity index (χ3v) is 4.94. The van der Waals surface area contributed by atoms with Gasteiger partial charge in [0.15, 0.2) is 0 Å². The number of pyridine rings is 1. The average molecular weight is 421 g/mol. The van der Waals surface area contributed by atoms with Crippen LogP contribution in [0.4, 0.5) is 17.2 Å². The van der Waals surface area contributed by atoms with E-state index in [1.807, 2.05) is 12.1 Å². The zero-order chi connectivity index (χ0) is 21.1. The molecule has 2 heterocycles. The van der Waals surface area contributed by atoms with Gasteiger partial charge in [0.1, 0.15) is 5.82 Å². The van der Waals surface area contributed by atoms with Gasteiger partial charge in [-0.25, -0.2) is 4.98 Å². The van der Waals surface area contributed by atoms with Crippen molar-refractivity contribution >= 4 is 46.5 Å². The summed E-state index contributed by atoms with van der Waals surface area (Å²) in [4.78, 5) is 41.8. The number of nitrogens with zero attached hydrogens (tertiary/aromatic N) is 1. The van der Waals surface area contributed by atoms with Crippen LogP contribution in [-0.4, -0.2) is 22.7 Å². The molecule has 0 radical (unpaired) electrons. The number of anilines is 3. The number of amides is 3. The van der Waals surface area contributed by atoms with Crippen LogP contribution < -0.4 is 16.0 Å². The van der Waals surface area contributed by atoms with E-state index < -0.39 is 11.8 Å². The molecule has 0 bridgehead atoms. The van der Waals surface area contributed by atoms with Crippen LogP contribution in [-0.2, 0) is 9.59 Å². The lowest BCUT2D eigenvalue weighted by atomic mass is 9.89. The minimum Gasteiger partial charge on any atom is -0.326 e. The molecule has 1 aliphatic rings. The molecule has 7 nitrogen and oxygen atoms in total. The Kier molecular flexibility index (Phi) is 5.45. The molecule has 3 amide bonds. The molecule has 1 unspecified atom stereocenters. The number of carbonyl (C=O) groups excluding carboxylic acids is 3. The minimum absolute atomic E-state index is 0.0336. The van der Waals surface area contributed by atoms with Crippen molar-refractivity contribution in [1.29, 1.82) is 0 Å². The van der Waals surface area contributed by atoms with Gasteiger partial charge in [0, 0.05) is 18.3 Å². The Labute approximate surface area is 177 Å². The van der Waals surface area contributed by atoms with E-state index in [0.717, 1.165) is 5.56 Å². The molecular weight excluding hydrogens is 404 g/mol. The summed E-state index contributed by atoms with van der Waals surface area (Å²) >= 11 is 5.82. The smallest absolute Gasteiger partial charge is 0.258 e. The Bertz CT molecular complexity index is 1130. The summed E-state index contributed by atoms with van der Waals surface area (Å²) in [6.07, 6.45) is 1.46. The fourth-order valence-electron chi connectivity index (χ4n) is 3.29. The van der Waals surface area contributed by atoms with Crippen LogP contribution in [0.5, 0.6) is 0 Å². The molecule has 3 N–H and O–H groups in total. The highest BCUT2D eigenvalue weighted by Crippen LogP contribution is 2.33. The van der Waals surface area contributed by atoms with E-state index in [1.54, 1.807) is 48.5 Å². The lowest BCUT2D eigenvalue weighted by molar-refractivity contribution is -0.123. The molecule has 1 aliphatic heterocycles. The van der Waals surface area contributed by atoms with Gasteiger partial charge in [-0.3, -0.25) is 14.4 Å². The number of nitrogens with one attached hydrogen (secondary N) is 3. The van der Waals surface area contributed by atoms with Gasteiger partial charge in [-0.15, -0.1) is 0 Å². The van der Waals surface area contributed by atoms with Crippen LogP contribution in [0, 0.1) is 0 Å². The summed E-state index contributed by atoms with van der Waals surface area (Å²) in [6, 6.07) is 17.0. The Morgan fingerprint density at radius 1 is 1.00 bits per heavy atom. The highest BCUT2D eigenvalue weighted by Gasteiger charge is 2.31. The van der Waals surface area contributed by atoms with E-state index in [-0.39, 0.29) is 23.8 Å². The first-order valence-corrected chi connectivity index (χ1v) is 9.60. The second kappa shape index (κ2) is 8.34. The van der Waals surface area contributed by atoms with Gasteiger partial charge in [-0.1, -0.05) is 41.9 Å². The SMILES string of the molecule is O=C1CC(C(=O)Nc2ccccc2C(=O)Nc2ccc(Cl)cn2)c2ccccc2N1. The van der Waals surface area contributed by atoms with Crippen molar-refractivity contribution in [2.24, 2.45) is 0 Å². The molecule has 4 rings (SSSR count). The standard InChI is InChI=1S/C22H17ClN4O3/c23-13-9-10-19(24-12-13)27-21(29)15-6-2-4-8-18(15)26-22(30)16-11-20(28)25-17-7-3-1-5-14(16)17/h1-10,12,16H,11H2,(H,25,28)(H,26,30)(H,24,27,29). The van der Waals surface area contributed by atoms with Crippen LogP contribution in [0.3, 0.4) is 0 Å². The van der Waals surface area contributed by atoms with Gasteiger partial charge >= 0.3 is 0 Å². The zero-order valence-corrected chi connectivity index (χ0v) is 16.4. The fraction of sp³-hybridized carbons (Fsp3) is 0.0909. The molecule has 0 fully saturated rings. The second-order valence-electron chi connectivity index (χ2n) is 6.74. The molecule has 1 aromatic heterocycles. The largest absolute Gasteiger partial charge is 0.326 e. The normalized spacial score (nSPS) is 15.0. The maximum Gasteiger partial charge on any atom is 0.258 e. The second-order valence-corrected chi connectivity index (χ2v) is 7.18. The van der Waals surface area contributed by atoms with Gasteiger partial charge in [0.05, 0.1) is 22.2 Å². The van der Waals surface area contributed by atoms with E-state index in [4.69, 9.17) is 11.6 Å². The van der Waals surface area contributed by atoms with Crippen LogP contribution in [0.25, 0.3) is 0 Å². The molecular formula is C22H17ClN4O3. The van der Waals surface area contributed by atoms with E-state index in [2.05, 4.69) is 20.9 Å². The predicted octanol–water partition coefficient (Wildman–Crippen LogP) is 4.05. The van der Waals surface area contributed by atoms with Crippen LogP contribution in [0.2, 0.25) is 5.02 Å². The maximum atomic E-state index is 13.0. The van der Waals surface area contributed by atoms with Crippen molar-refractivity contribution < 1.29 is 14.4 Å². The third-order valence-electron chi connectivity index (χ3n) is 4.71.